The van der Waals surface area contributed by atoms with Crippen molar-refractivity contribution in [2.24, 2.45) is 0 Å². The van der Waals surface area contributed by atoms with Crippen LogP contribution in [-0.2, 0) is 4.79 Å². The summed E-state index contributed by atoms with van der Waals surface area (Å²) in [5.41, 5.74) is 5.82. The number of fused-ring (bicyclic) bond motifs is 1. The smallest absolute Gasteiger partial charge is 0.305 e. The molecule has 0 spiro atoms. The third-order valence-corrected chi connectivity index (χ3v) is 7.30. The number of aliphatic carboxylic acids is 1. The summed E-state index contributed by atoms with van der Waals surface area (Å²) in [6.07, 6.45) is 3.62. The van der Waals surface area contributed by atoms with Crippen molar-refractivity contribution in [3.05, 3.63) is 111 Å². The fraction of sp³-hybridized carbons (Fsp3) is 0.258. The van der Waals surface area contributed by atoms with Crippen molar-refractivity contribution in [2.45, 2.75) is 44.9 Å². The number of aryl methyl sites for hydroxylation is 1. The molecule has 0 saturated heterocycles. The largest absolute Gasteiger partial charge is 0.481 e. The minimum atomic E-state index is -0.948. The third kappa shape index (κ3) is 6.35. The topological polar surface area (TPSA) is 79.3 Å². The average molecular weight is 549 g/mol. The van der Waals surface area contributed by atoms with Crippen LogP contribution in [0, 0.1) is 6.92 Å². The third-order valence-electron chi connectivity index (χ3n) is 6.83. The molecule has 5 nitrogen and oxygen atoms in total. The number of halogens is 2. The van der Waals surface area contributed by atoms with Crippen LogP contribution in [0.5, 0.6) is 0 Å². The van der Waals surface area contributed by atoms with Crippen LogP contribution >= 0.6 is 23.2 Å². The maximum atomic E-state index is 12.5. The molecule has 196 valence electrons. The van der Waals surface area contributed by atoms with Crippen molar-refractivity contribution >= 4 is 46.0 Å². The van der Waals surface area contributed by atoms with Crippen molar-refractivity contribution in [1.82, 2.24) is 10.3 Å². The lowest BCUT2D eigenvalue weighted by Gasteiger charge is -2.30. The molecule has 2 atom stereocenters. The van der Waals surface area contributed by atoms with Crippen LogP contribution < -0.4 is 5.32 Å². The van der Waals surface area contributed by atoms with E-state index in [4.69, 9.17) is 28.3 Å². The van der Waals surface area contributed by atoms with Crippen molar-refractivity contribution in [1.29, 1.82) is 0 Å². The van der Waals surface area contributed by atoms with E-state index in [9.17, 15) is 9.59 Å². The standard InChI is InChI=1S/C31H30Cl2N2O3/c1-3-4-25(20-5-7-22(8-6-20)31(38)35-16-14-28(36)37)29(21-9-11-23(32)12-10-21)26-13-15-34-30-19(2)17-24(33)18-27(26)30/h5-13,15,17-18,25,29H,3-4,14,16H2,1-2H3,(H,35,38)(H,36,37). The van der Waals surface area contributed by atoms with Crippen molar-refractivity contribution in [3.63, 3.8) is 0 Å². The second kappa shape index (κ2) is 12.4. The number of carbonyl (C=O) groups excluding carboxylic acids is 1. The van der Waals surface area contributed by atoms with Gasteiger partial charge in [0.1, 0.15) is 0 Å². The number of rotatable bonds is 10. The highest BCUT2D eigenvalue weighted by atomic mass is 35.5. The van der Waals surface area contributed by atoms with E-state index >= 15 is 0 Å². The number of benzene rings is 3. The van der Waals surface area contributed by atoms with Crippen LogP contribution in [0.15, 0.2) is 72.9 Å². The highest BCUT2D eigenvalue weighted by molar-refractivity contribution is 6.31. The number of hydrogen-bond donors (Lipinski definition) is 2. The fourth-order valence-corrected chi connectivity index (χ4v) is 5.48. The van der Waals surface area contributed by atoms with E-state index in [1.807, 2.05) is 49.5 Å². The zero-order valence-corrected chi connectivity index (χ0v) is 22.9. The van der Waals surface area contributed by atoms with Crippen LogP contribution in [0.1, 0.15) is 70.6 Å². The van der Waals surface area contributed by atoms with Gasteiger partial charge >= 0.3 is 5.97 Å². The monoisotopic (exact) mass is 548 g/mol. The molecule has 38 heavy (non-hydrogen) atoms. The molecule has 0 aliphatic carbocycles. The Morgan fingerprint density at radius 3 is 2.29 bits per heavy atom. The first-order valence-electron chi connectivity index (χ1n) is 12.7. The maximum absolute atomic E-state index is 12.5. The summed E-state index contributed by atoms with van der Waals surface area (Å²) in [5, 5.41) is 13.9. The molecule has 1 heterocycles. The predicted molar refractivity (Wildman–Crippen MR) is 153 cm³/mol. The predicted octanol–water partition coefficient (Wildman–Crippen LogP) is 7.77. The van der Waals surface area contributed by atoms with Crippen LogP contribution in [0.25, 0.3) is 10.9 Å². The van der Waals surface area contributed by atoms with Gasteiger partial charge in [0, 0.05) is 39.7 Å². The van der Waals surface area contributed by atoms with Gasteiger partial charge in [-0.05, 0) is 84.0 Å². The molecular formula is C31H30Cl2N2O3. The highest BCUT2D eigenvalue weighted by Crippen LogP contribution is 2.44. The molecule has 1 amide bonds. The number of nitrogens with zero attached hydrogens (tertiary/aromatic N) is 1. The lowest BCUT2D eigenvalue weighted by atomic mass is 9.74. The van der Waals surface area contributed by atoms with Gasteiger partial charge in [0.25, 0.3) is 5.91 Å². The van der Waals surface area contributed by atoms with Gasteiger partial charge in [0.15, 0.2) is 0 Å². The summed E-state index contributed by atoms with van der Waals surface area (Å²) in [6, 6.07) is 21.6. The number of amides is 1. The van der Waals surface area contributed by atoms with Crippen molar-refractivity contribution < 1.29 is 14.7 Å². The molecule has 2 unspecified atom stereocenters. The fourth-order valence-electron chi connectivity index (χ4n) is 5.08. The van der Waals surface area contributed by atoms with E-state index in [0.29, 0.717) is 15.6 Å². The Hall–Kier alpha value is -3.41. The lowest BCUT2D eigenvalue weighted by Crippen LogP contribution is -2.26. The van der Waals surface area contributed by atoms with Gasteiger partial charge in [0.2, 0.25) is 0 Å². The van der Waals surface area contributed by atoms with Crippen LogP contribution in [0.2, 0.25) is 10.0 Å². The lowest BCUT2D eigenvalue weighted by molar-refractivity contribution is -0.136. The molecular weight excluding hydrogens is 519 g/mol. The molecule has 0 bridgehead atoms. The van der Waals surface area contributed by atoms with E-state index < -0.39 is 5.97 Å². The summed E-state index contributed by atoms with van der Waals surface area (Å²) in [4.78, 5) is 27.9. The SMILES string of the molecule is CCCC(c1ccc(C(=O)NCCC(=O)O)cc1)C(c1ccc(Cl)cc1)c1ccnc2c(C)cc(Cl)cc12. The summed E-state index contributed by atoms with van der Waals surface area (Å²) in [7, 11) is 0. The Morgan fingerprint density at radius 1 is 0.947 bits per heavy atom. The van der Waals surface area contributed by atoms with Crippen LogP contribution in [0.4, 0.5) is 0 Å². The first kappa shape index (κ1) is 27.6. The Labute approximate surface area is 232 Å². The van der Waals surface area contributed by atoms with Gasteiger partial charge in [0.05, 0.1) is 11.9 Å². The molecule has 3 aromatic carbocycles. The molecule has 0 radical (unpaired) electrons. The number of hydrogen-bond acceptors (Lipinski definition) is 3. The second-order valence-electron chi connectivity index (χ2n) is 9.47. The Kier molecular flexibility index (Phi) is 9.03. The molecule has 0 fully saturated rings. The molecule has 2 N–H and O–H groups in total. The summed E-state index contributed by atoms with van der Waals surface area (Å²) in [5.74, 6) is -1.14. The van der Waals surface area contributed by atoms with Crippen molar-refractivity contribution in [3.8, 4) is 0 Å². The number of carboxylic acid groups (broad SMARTS) is 1. The first-order valence-corrected chi connectivity index (χ1v) is 13.4. The van der Waals surface area contributed by atoms with Gasteiger partial charge in [-0.1, -0.05) is 60.8 Å². The summed E-state index contributed by atoms with van der Waals surface area (Å²) in [6.45, 7) is 4.28. The minimum absolute atomic E-state index is 0.00849. The molecule has 0 aliphatic heterocycles. The number of carboxylic acids is 1. The Morgan fingerprint density at radius 2 is 1.63 bits per heavy atom. The van der Waals surface area contributed by atoms with E-state index in [-0.39, 0.29) is 30.7 Å². The quantitative estimate of drug-likeness (QED) is 0.212. The summed E-state index contributed by atoms with van der Waals surface area (Å²) >= 11 is 12.8. The summed E-state index contributed by atoms with van der Waals surface area (Å²) < 4.78 is 0. The number of pyridine rings is 1. The second-order valence-corrected chi connectivity index (χ2v) is 10.3. The Bertz CT molecular complexity index is 1440. The van der Waals surface area contributed by atoms with Gasteiger partial charge in [-0.25, -0.2) is 0 Å². The molecule has 7 heteroatoms. The molecule has 0 saturated carbocycles. The zero-order chi connectivity index (χ0) is 27.2. The highest BCUT2D eigenvalue weighted by Gasteiger charge is 2.28. The number of nitrogens with one attached hydrogen (secondary N) is 1. The molecule has 0 aliphatic rings. The van der Waals surface area contributed by atoms with Gasteiger partial charge in [-0.2, -0.15) is 0 Å². The van der Waals surface area contributed by atoms with Gasteiger partial charge in [-0.15, -0.1) is 0 Å². The number of carbonyl (C=O) groups is 2. The van der Waals surface area contributed by atoms with E-state index in [2.05, 4.69) is 35.4 Å². The van der Waals surface area contributed by atoms with Crippen molar-refractivity contribution in [2.75, 3.05) is 6.54 Å². The minimum Gasteiger partial charge on any atom is -0.481 e. The van der Waals surface area contributed by atoms with E-state index in [0.717, 1.165) is 46.0 Å². The molecule has 4 rings (SSSR count). The molecule has 1 aromatic heterocycles. The van der Waals surface area contributed by atoms with E-state index in [1.54, 1.807) is 12.1 Å². The maximum Gasteiger partial charge on any atom is 0.305 e. The average Bonchev–Trinajstić information content (AvgIpc) is 2.89. The van der Waals surface area contributed by atoms with Crippen LogP contribution in [0.3, 0.4) is 0 Å². The normalized spacial score (nSPS) is 12.7. The molecule has 4 aromatic rings. The first-order chi connectivity index (χ1) is 18.3. The van der Waals surface area contributed by atoms with Gasteiger partial charge < -0.3 is 10.4 Å². The van der Waals surface area contributed by atoms with Gasteiger partial charge in [-0.3, -0.25) is 14.6 Å². The Balaban J connectivity index is 1.79. The zero-order valence-electron chi connectivity index (χ0n) is 21.4. The number of aromatic nitrogens is 1. The van der Waals surface area contributed by atoms with E-state index in [1.165, 1.54) is 0 Å². The van der Waals surface area contributed by atoms with Crippen LogP contribution in [-0.4, -0.2) is 28.5 Å².